The number of rotatable bonds is 2. The van der Waals surface area contributed by atoms with E-state index in [2.05, 4.69) is 0 Å². The van der Waals surface area contributed by atoms with Crippen molar-refractivity contribution in [1.29, 1.82) is 0 Å². The van der Waals surface area contributed by atoms with Crippen molar-refractivity contribution in [2.75, 3.05) is 0 Å². The molecule has 1 aliphatic carbocycles. The molecule has 0 spiro atoms. The van der Waals surface area contributed by atoms with Gasteiger partial charge in [-0.1, -0.05) is 13.3 Å². The zero-order valence-electron chi connectivity index (χ0n) is 9.42. The molecule has 0 N–H and O–H groups in total. The normalized spacial score (nSPS) is 34.7. The van der Waals surface area contributed by atoms with E-state index in [9.17, 15) is 9.59 Å². The molecule has 3 heteroatoms. The zero-order valence-corrected chi connectivity index (χ0v) is 9.42. The largest absolute Gasteiger partial charge is 0.454 e. The van der Waals surface area contributed by atoms with E-state index in [1.165, 1.54) is 0 Å². The molecule has 2 aliphatic rings. The first-order chi connectivity index (χ1) is 7.03. The number of carbonyl (C=O) groups is 2. The topological polar surface area (TPSA) is 43.4 Å². The molecule has 1 heterocycles. The molecule has 15 heavy (non-hydrogen) atoms. The Balaban J connectivity index is 2.47. The second-order valence-corrected chi connectivity index (χ2v) is 4.48. The number of esters is 1. The molecule has 1 saturated heterocycles. The van der Waals surface area contributed by atoms with Gasteiger partial charge >= 0.3 is 5.97 Å². The number of carbonyl (C=O) groups excluding carboxylic acids is 2. The van der Waals surface area contributed by atoms with Gasteiger partial charge in [-0.3, -0.25) is 9.59 Å². The Morgan fingerprint density at radius 2 is 2.07 bits per heavy atom. The van der Waals surface area contributed by atoms with Gasteiger partial charge in [0.05, 0.1) is 12.3 Å². The summed E-state index contributed by atoms with van der Waals surface area (Å²) in [5.41, 5.74) is 1.17. The molecule has 82 valence electrons. The van der Waals surface area contributed by atoms with E-state index in [0.717, 1.165) is 24.0 Å². The maximum Gasteiger partial charge on any atom is 0.307 e. The van der Waals surface area contributed by atoms with Crippen LogP contribution in [0.3, 0.4) is 0 Å². The quantitative estimate of drug-likeness (QED) is 0.652. The monoisotopic (exact) mass is 208 g/mol. The van der Waals surface area contributed by atoms with Crippen molar-refractivity contribution >= 4 is 11.8 Å². The van der Waals surface area contributed by atoms with Crippen molar-refractivity contribution in [2.45, 2.75) is 45.6 Å². The molecule has 2 unspecified atom stereocenters. The standard InChI is InChI=1S/C12H16O3/c1-4-5-12-8(3)7(2)11(14)9(12)6-10(13)15-12/h9H,4-6H2,1-3H3. The fourth-order valence-electron chi connectivity index (χ4n) is 2.84. The summed E-state index contributed by atoms with van der Waals surface area (Å²) in [5, 5.41) is 0. The summed E-state index contributed by atoms with van der Waals surface area (Å²) >= 11 is 0. The molecule has 0 saturated carbocycles. The Bertz CT molecular complexity index is 367. The highest BCUT2D eigenvalue weighted by Crippen LogP contribution is 2.49. The summed E-state index contributed by atoms with van der Waals surface area (Å²) in [6.07, 6.45) is 1.94. The van der Waals surface area contributed by atoms with E-state index in [1.54, 1.807) is 0 Å². The fourth-order valence-corrected chi connectivity index (χ4v) is 2.84. The first kappa shape index (κ1) is 10.4. The van der Waals surface area contributed by atoms with Gasteiger partial charge in [0.15, 0.2) is 5.78 Å². The van der Waals surface area contributed by atoms with Gasteiger partial charge in [-0.2, -0.15) is 0 Å². The van der Waals surface area contributed by atoms with Crippen LogP contribution in [-0.2, 0) is 14.3 Å². The van der Waals surface area contributed by atoms with Gasteiger partial charge in [0.25, 0.3) is 0 Å². The molecule has 2 atom stereocenters. The summed E-state index contributed by atoms with van der Waals surface area (Å²) in [6, 6.07) is 0. The van der Waals surface area contributed by atoms with Crippen molar-refractivity contribution in [3.05, 3.63) is 11.1 Å². The minimum Gasteiger partial charge on any atom is -0.454 e. The van der Waals surface area contributed by atoms with Crippen molar-refractivity contribution in [3.8, 4) is 0 Å². The van der Waals surface area contributed by atoms with Crippen molar-refractivity contribution in [2.24, 2.45) is 5.92 Å². The number of allylic oxidation sites excluding steroid dienone is 1. The van der Waals surface area contributed by atoms with E-state index in [1.807, 2.05) is 20.8 Å². The van der Waals surface area contributed by atoms with Crippen LogP contribution in [0.4, 0.5) is 0 Å². The van der Waals surface area contributed by atoms with Crippen LogP contribution < -0.4 is 0 Å². The maximum absolute atomic E-state index is 11.9. The lowest BCUT2D eigenvalue weighted by Crippen LogP contribution is -2.35. The van der Waals surface area contributed by atoms with Gasteiger partial charge in [-0.05, 0) is 31.4 Å². The van der Waals surface area contributed by atoms with Crippen LogP contribution in [0.15, 0.2) is 11.1 Å². The Labute approximate surface area is 89.5 Å². The third-order valence-corrected chi connectivity index (χ3v) is 3.73. The number of ketones is 1. The summed E-state index contributed by atoms with van der Waals surface area (Å²) in [6.45, 7) is 5.80. The molecule has 0 radical (unpaired) electrons. The van der Waals surface area contributed by atoms with Crippen LogP contribution in [-0.4, -0.2) is 17.4 Å². The number of ether oxygens (including phenoxy) is 1. The average Bonchev–Trinajstić information content (AvgIpc) is 2.60. The minimum absolute atomic E-state index is 0.104. The van der Waals surface area contributed by atoms with Gasteiger partial charge in [-0.25, -0.2) is 0 Å². The van der Waals surface area contributed by atoms with Gasteiger partial charge in [0, 0.05) is 0 Å². The van der Waals surface area contributed by atoms with Crippen molar-refractivity contribution in [3.63, 3.8) is 0 Å². The number of hydrogen-bond acceptors (Lipinski definition) is 3. The minimum atomic E-state index is -0.590. The summed E-state index contributed by atoms with van der Waals surface area (Å²) in [5.74, 6) is -0.370. The van der Waals surface area contributed by atoms with Gasteiger partial charge in [0.1, 0.15) is 5.60 Å². The van der Waals surface area contributed by atoms with E-state index >= 15 is 0 Å². The van der Waals surface area contributed by atoms with Crippen LogP contribution >= 0.6 is 0 Å². The summed E-state index contributed by atoms with van der Waals surface area (Å²) in [7, 11) is 0. The smallest absolute Gasteiger partial charge is 0.307 e. The Morgan fingerprint density at radius 1 is 1.40 bits per heavy atom. The molecular weight excluding hydrogens is 192 g/mol. The van der Waals surface area contributed by atoms with Crippen LogP contribution in [0.25, 0.3) is 0 Å². The molecule has 0 aromatic carbocycles. The van der Waals surface area contributed by atoms with E-state index in [0.29, 0.717) is 0 Å². The van der Waals surface area contributed by atoms with E-state index in [4.69, 9.17) is 4.74 Å². The third kappa shape index (κ3) is 1.18. The molecule has 2 rings (SSSR count). The number of hydrogen-bond donors (Lipinski definition) is 0. The van der Waals surface area contributed by atoms with Gasteiger partial charge in [-0.15, -0.1) is 0 Å². The first-order valence-corrected chi connectivity index (χ1v) is 5.47. The molecule has 0 aromatic heterocycles. The molecule has 1 aliphatic heterocycles. The zero-order chi connectivity index (χ0) is 11.2. The lowest BCUT2D eigenvalue weighted by atomic mass is 9.82. The molecule has 0 aromatic rings. The van der Waals surface area contributed by atoms with Gasteiger partial charge in [0.2, 0.25) is 0 Å². The molecule has 0 amide bonds. The van der Waals surface area contributed by atoms with Crippen LogP contribution in [0.2, 0.25) is 0 Å². The lowest BCUT2D eigenvalue weighted by Gasteiger charge is -2.28. The second-order valence-electron chi connectivity index (χ2n) is 4.48. The predicted octanol–water partition coefficient (Wildman–Crippen LogP) is 2.01. The van der Waals surface area contributed by atoms with Crippen molar-refractivity contribution in [1.82, 2.24) is 0 Å². The highest BCUT2D eigenvalue weighted by atomic mass is 16.6. The summed E-state index contributed by atoms with van der Waals surface area (Å²) in [4.78, 5) is 23.3. The molecular formula is C12H16O3. The molecule has 3 nitrogen and oxygen atoms in total. The van der Waals surface area contributed by atoms with Crippen LogP contribution in [0, 0.1) is 5.92 Å². The molecule has 1 fully saturated rings. The Morgan fingerprint density at radius 3 is 2.67 bits per heavy atom. The van der Waals surface area contributed by atoms with Crippen molar-refractivity contribution < 1.29 is 14.3 Å². The maximum atomic E-state index is 11.9. The van der Waals surface area contributed by atoms with E-state index < -0.39 is 5.60 Å². The Hall–Kier alpha value is -1.12. The predicted molar refractivity (Wildman–Crippen MR) is 55.2 cm³/mol. The number of fused-ring (bicyclic) bond motifs is 1. The van der Waals surface area contributed by atoms with Crippen LogP contribution in [0.1, 0.15) is 40.0 Å². The fraction of sp³-hybridized carbons (Fsp3) is 0.667. The Kier molecular flexibility index (Phi) is 2.21. The average molecular weight is 208 g/mol. The third-order valence-electron chi connectivity index (χ3n) is 3.73. The second kappa shape index (κ2) is 3.19. The van der Waals surface area contributed by atoms with Crippen LogP contribution in [0.5, 0.6) is 0 Å². The highest BCUT2D eigenvalue weighted by molar-refractivity contribution is 6.05. The van der Waals surface area contributed by atoms with Gasteiger partial charge < -0.3 is 4.74 Å². The molecule has 0 bridgehead atoms. The number of Topliss-reactive ketones (excluding diaryl/α,β-unsaturated/α-hetero) is 1. The summed E-state index contributed by atoms with van der Waals surface area (Å²) < 4.78 is 5.45. The SMILES string of the molecule is CCCC12OC(=O)CC1C(=O)C(C)=C2C. The highest BCUT2D eigenvalue weighted by Gasteiger charge is 2.58. The van der Waals surface area contributed by atoms with E-state index in [-0.39, 0.29) is 24.1 Å². The lowest BCUT2D eigenvalue weighted by molar-refractivity contribution is -0.146. The first-order valence-electron chi connectivity index (χ1n) is 5.47.